The third kappa shape index (κ3) is 24.8. The third-order valence-electron chi connectivity index (χ3n) is 1.64. The van der Waals surface area contributed by atoms with Crippen LogP contribution in [-0.2, 0) is 0 Å². The molecule has 0 rings (SSSR count). The lowest BCUT2D eigenvalue weighted by Gasteiger charge is -1.99. The summed E-state index contributed by atoms with van der Waals surface area (Å²) in [5, 5.41) is 35.8. The van der Waals surface area contributed by atoms with Gasteiger partial charge in [0.1, 0.15) is 0 Å². The van der Waals surface area contributed by atoms with E-state index in [9.17, 15) is 0 Å². The minimum Gasteiger partial charge on any atom is -0.395 e. The molecule has 0 radical (unpaired) electrons. The van der Waals surface area contributed by atoms with Crippen molar-refractivity contribution in [2.45, 2.75) is 38.9 Å². The molecular weight excluding hydrogens is 198 g/mol. The Bertz CT molecular complexity index is 97.4. The summed E-state index contributed by atoms with van der Waals surface area (Å²) in [6, 6.07) is 0. The van der Waals surface area contributed by atoms with Gasteiger partial charge in [-0.15, -0.1) is 0 Å². The Kier molecular flexibility index (Phi) is 18.6. The molecule has 5 N–H and O–H groups in total. The molecular formula is C10H25NO4. The van der Waals surface area contributed by atoms with Crippen LogP contribution in [0.1, 0.15) is 32.6 Å². The van der Waals surface area contributed by atoms with E-state index in [2.05, 4.69) is 12.2 Å². The molecule has 0 bridgehead atoms. The maximum atomic E-state index is 8.33. The zero-order valence-electron chi connectivity index (χ0n) is 9.52. The molecule has 0 aliphatic heterocycles. The van der Waals surface area contributed by atoms with Crippen LogP contribution >= 0.6 is 0 Å². The number of rotatable bonds is 8. The summed E-state index contributed by atoms with van der Waals surface area (Å²) in [6.45, 7) is 3.50. The quantitative estimate of drug-likeness (QED) is 0.281. The van der Waals surface area contributed by atoms with Crippen LogP contribution < -0.4 is 5.32 Å². The van der Waals surface area contributed by atoms with E-state index in [1.807, 2.05) is 0 Å². The minimum atomic E-state index is -1.10. The lowest BCUT2D eigenvalue weighted by atomic mass is 10.2. The van der Waals surface area contributed by atoms with Crippen LogP contribution in [0.4, 0.5) is 0 Å². The van der Waals surface area contributed by atoms with Crippen LogP contribution in [0.15, 0.2) is 0 Å². The van der Waals surface area contributed by atoms with Crippen molar-refractivity contribution in [3.8, 4) is 0 Å². The van der Waals surface area contributed by atoms with Gasteiger partial charge in [0.05, 0.1) is 13.2 Å². The van der Waals surface area contributed by atoms with Gasteiger partial charge in [0.25, 0.3) is 0 Å². The monoisotopic (exact) mass is 223 g/mol. The second kappa shape index (κ2) is 16.2. The SMILES string of the molecule is CCCCCC(O)O.OCCNCCO. The molecule has 94 valence electrons. The molecule has 5 nitrogen and oxygen atoms in total. The lowest BCUT2D eigenvalue weighted by Crippen LogP contribution is -2.21. The summed E-state index contributed by atoms with van der Waals surface area (Å²) in [6.07, 6.45) is 2.58. The van der Waals surface area contributed by atoms with E-state index in [1.54, 1.807) is 0 Å². The average Bonchev–Trinajstić information content (AvgIpc) is 2.20. The van der Waals surface area contributed by atoms with Crippen LogP contribution in [0.3, 0.4) is 0 Å². The van der Waals surface area contributed by atoms with Crippen molar-refractivity contribution in [3.63, 3.8) is 0 Å². The van der Waals surface area contributed by atoms with Gasteiger partial charge in [-0.05, 0) is 12.8 Å². The second-order valence-corrected chi connectivity index (χ2v) is 3.17. The highest BCUT2D eigenvalue weighted by atomic mass is 16.5. The molecule has 0 aromatic rings. The number of hydrogen-bond acceptors (Lipinski definition) is 5. The first-order chi connectivity index (χ1) is 7.18. The molecule has 0 saturated heterocycles. The average molecular weight is 223 g/mol. The van der Waals surface area contributed by atoms with Crippen LogP contribution in [0, 0.1) is 0 Å². The van der Waals surface area contributed by atoms with Crippen LogP contribution in [0.25, 0.3) is 0 Å². The summed E-state index contributed by atoms with van der Waals surface area (Å²) in [5.41, 5.74) is 0. The van der Waals surface area contributed by atoms with Gasteiger partial charge in [0.15, 0.2) is 6.29 Å². The van der Waals surface area contributed by atoms with Crippen molar-refractivity contribution >= 4 is 0 Å². The summed E-state index contributed by atoms with van der Waals surface area (Å²) in [4.78, 5) is 0. The molecule has 0 fully saturated rings. The predicted molar refractivity (Wildman–Crippen MR) is 59.4 cm³/mol. The molecule has 0 aliphatic rings. The summed E-state index contributed by atoms with van der Waals surface area (Å²) in [7, 11) is 0. The van der Waals surface area contributed by atoms with Gasteiger partial charge in [0.2, 0.25) is 0 Å². The van der Waals surface area contributed by atoms with E-state index >= 15 is 0 Å². The van der Waals surface area contributed by atoms with E-state index in [-0.39, 0.29) is 13.2 Å². The first kappa shape index (κ1) is 17.2. The van der Waals surface area contributed by atoms with Gasteiger partial charge >= 0.3 is 0 Å². The molecule has 0 aromatic heterocycles. The molecule has 0 aromatic carbocycles. The topological polar surface area (TPSA) is 93.0 Å². The first-order valence-corrected chi connectivity index (χ1v) is 5.47. The zero-order chi connectivity index (χ0) is 11.9. The fourth-order valence-corrected chi connectivity index (χ4v) is 0.860. The fourth-order valence-electron chi connectivity index (χ4n) is 0.860. The van der Waals surface area contributed by atoms with Crippen molar-refractivity contribution in [3.05, 3.63) is 0 Å². The number of unbranched alkanes of at least 4 members (excludes halogenated alkanes) is 2. The molecule has 0 aliphatic carbocycles. The standard InChI is InChI=1S/C6H14O2.C4H11NO2/c1-2-3-4-5-6(7)8;6-3-1-5-2-4-7/h6-8H,2-5H2,1H3;5-7H,1-4H2. The van der Waals surface area contributed by atoms with Crippen LogP contribution in [-0.4, -0.2) is 53.0 Å². The maximum Gasteiger partial charge on any atom is 0.151 e. The Morgan fingerprint density at radius 2 is 1.53 bits per heavy atom. The summed E-state index contributed by atoms with van der Waals surface area (Å²) >= 11 is 0. The molecule has 0 amide bonds. The second-order valence-electron chi connectivity index (χ2n) is 3.17. The Balaban J connectivity index is 0. The fraction of sp³-hybridized carbons (Fsp3) is 1.00. The molecule has 5 heteroatoms. The third-order valence-corrected chi connectivity index (χ3v) is 1.64. The van der Waals surface area contributed by atoms with Crippen molar-refractivity contribution in [2.75, 3.05) is 26.3 Å². The van der Waals surface area contributed by atoms with Crippen LogP contribution in [0.5, 0.6) is 0 Å². The Morgan fingerprint density at radius 3 is 1.87 bits per heavy atom. The van der Waals surface area contributed by atoms with Gasteiger partial charge in [0, 0.05) is 13.1 Å². The van der Waals surface area contributed by atoms with Gasteiger partial charge in [-0.1, -0.05) is 19.8 Å². The Morgan fingerprint density at radius 1 is 1.00 bits per heavy atom. The van der Waals surface area contributed by atoms with Crippen molar-refractivity contribution in [1.82, 2.24) is 5.32 Å². The molecule has 0 saturated carbocycles. The Labute approximate surface area is 91.8 Å². The molecule has 0 spiro atoms. The van der Waals surface area contributed by atoms with Gasteiger partial charge in [-0.3, -0.25) is 0 Å². The summed E-state index contributed by atoms with van der Waals surface area (Å²) in [5.74, 6) is 0. The van der Waals surface area contributed by atoms with Crippen molar-refractivity contribution < 1.29 is 20.4 Å². The van der Waals surface area contributed by atoms with Gasteiger partial charge < -0.3 is 25.7 Å². The first-order valence-electron chi connectivity index (χ1n) is 5.47. The van der Waals surface area contributed by atoms with E-state index in [1.165, 1.54) is 0 Å². The van der Waals surface area contributed by atoms with Crippen molar-refractivity contribution in [2.24, 2.45) is 0 Å². The number of nitrogens with one attached hydrogen (secondary N) is 1. The number of hydrogen-bond donors (Lipinski definition) is 5. The molecule has 15 heavy (non-hydrogen) atoms. The highest BCUT2D eigenvalue weighted by Crippen LogP contribution is 1.99. The highest BCUT2D eigenvalue weighted by Gasteiger charge is 1.93. The van der Waals surface area contributed by atoms with E-state index in [0.29, 0.717) is 19.5 Å². The maximum absolute atomic E-state index is 8.33. The predicted octanol–water partition coefficient (Wildman–Crippen LogP) is -0.562. The van der Waals surface area contributed by atoms with E-state index in [4.69, 9.17) is 20.4 Å². The van der Waals surface area contributed by atoms with Gasteiger partial charge in [-0.2, -0.15) is 0 Å². The van der Waals surface area contributed by atoms with Crippen LogP contribution in [0.2, 0.25) is 0 Å². The van der Waals surface area contributed by atoms with Gasteiger partial charge in [-0.25, -0.2) is 0 Å². The molecule has 0 atom stereocenters. The molecule has 0 unspecified atom stereocenters. The molecule has 0 heterocycles. The normalized spacial score (nSPS) is 10.0. The number of aliphatic hydroxyl groups is 4. The largest absolute Gasteiger partial charge is 0.395 e. The van der Waals surface area contributed by atoms with E-state index < -0.39 is 6.29 Å². The highest BCUT2D eigenvalue weighted by molar-refractivity contribution is 4.40. The van der Waals surface area contributed by atoms with E-state index in [0.717, 1.165) is 19.3 Å². The lowest BCUT2D eigenvalue weighted by molar-refractivity contribution is -0.0465. The zero-order valence-corrected chi connectivity index (χ0v) is 9.52. The smallest absolute Gasteiger partial charge is 0.151 e. The minimum absolute atomic E-state index is 0.139. The number of aliphatic hydroxyl groups excluding tert-OH is 3. The Hall–Kier alpha value is -0.200. The van der Waals surface area contributed by atoms with Crippen molar-refractivity contribution in [1.29, 1.82) is 0 Å². The summed E-state index contributed by atoms with van der Waals surface area (Å²) < 4.78 is 0.